The quantitative estimate of drug-likeness (QED) is 0.766. The highest BCUT2D eigenvalue weighted by Crippen LogP contribution is 2.27. The molecule has 0 aliphatic carbocycles. The molecule has 0 aliphatic rings. The van der Waals surface area contributed by atoms with Crippen molar-refractivity contribution in [3.63, 3.8) is 0 Å². The molecule has 21 heavy (non-hydrogen) atoms. The topological polar surface area (TPSA) is 62.2 Å². The molecule has 3 aromatic rings. The van der Waals surface area contributed by atoms with Gasteiger partial charge in [0.15, 0.2) is 0 Å². The summed E-state index contributed by atoms with van der Waals surface area (Å²) in [4.78, 5) is 18.0. The number of thiophene rings is 1. The molecule has 3 rings (SSSR count). The Bertz CT molecular complexity index is 811. The molecule has 0 saturated heterocycles. The van der Waals surface area contributed by atoms with E-state index in [-0.39, 0.29) is 5.56 Å². The van der Waals surface area contributed by atoms with Crippen molar-refractivity contribution >= 4 is 33.9 Å². The minimum absolute atomic E-state index is 0.196. The first kappa shape index (κ1) is 13.6. The van der Waals surface area contributed by atoms with E-state index in [0.717, 1.165) is 10.9 Å². The monoisotopic (exact) mass is 298 g/mol. The summed E-state index contributed by atoms with van der Waals surface area (Å²) in [6.07, 6.45) is 1.41. The number of anilines is 1. The molecule has 0 aliphatic heterocycles. The first-order valence-corrected chi connectivity index (χ1v) is 7.37. The van der Waals surface area contributed by atoms with Crippen LogP contribution in [0.15, 0.2) is 42.6 Å². The number of carboxylic acids is 1. The predicted octanol–water partition coefficient (Wildman–Crippen LogP) is 3.92. The summed E-state index contributed by atoms with van der Waals surface area (Å²) >= 11 is 1.70. The van der Waals surface area contributed by atoms with Gasteiger partial charge < -0.3 is 10.4 Å². The van der Waals surface area contributed by atoms with Gasteiger partial charge in [0.05, 0.1) is 11.2 Å². The van der Waals surface area contributed by atoms with Crippen LogP contribution in [-0.4, -0.2) is 16.1 Å². The fraction of sp³-hybridized carbons (Fsp3) is 0.125. The number of aromatic carboxylic acids is 1. The van der Waals surface area contributed by atoms with Crippen LogP contribution in [-0.2, 0) is 6.54 Å². The normalized spacial score (nSPS) is 10.7. The van der Waals surface area contributed by atoms with Gasteiger partial charge in [-0.25, -0.2) is 4.79 Å². The highest BCUT2D eigenvalue weighted by Gasteiger charge is 2.14. The van der Waals surface area contributed by atoms with Gasteiger partial charge in [-0.2, -0.15) is 0 Å². The van der Waals surface area contributed by atoms with E-state index in [4.69, 9.17) is 0 Å². The molecule has 2 heterocycles. The number of pyridine rings is 1. The van der Waals surface area contributed by atoms with Crippen LogP contribution >= 0.6 is 11.3 Å². The van der Waals surface area contributed by atoms with Gasteiger partial charge in [0, 0.05) is 27.9 Å². The molecule has 1 aromatic carbocycles. The van der Waals surface area contributed by atoms with Gasteiger partial charge >= 0.3 is 5.97 Å². The molecule has 0 saturated carbocycles. The standard InChI is InChI=1S/C16H14N2O2S/c1-10-6-7-11(21-10)8-18-15-12-4-2-3-5-14(12)17-9-13(15)16(19)20/h2-7,9H,8H2,1H3,(H,17,18)(H,19,20). The summed E-state index contributed by atoms with van der Waals surface area (Å²) < 4.78 is 0. The van der Waals surface area contributed by atoms with Crippen molar-refractivity contribution in [3.8, 4) is 0 Å². The number of rotatable bonds is 4. The van der Waals surface area contributed by atoms with E-state index in [2.05, 4.69) is 29.4 Å². The predicted molar refractivity (Wildman–Crippen MR) is 85.1 cm³/mol. The summed E-state index contributed by atoms with van der Waals surface area (Å²) in [5.74, 6) is -0.974. The van der Waals surface area contributed by atoms with E-state index in [0.29, 0.717) is 12.2 Å². The van der Waals surface area contributed by atoms with Crippen LogP contribution in [0.5, 0.6) is 0 Å². The lowest BCUT2D eigenvalue weighted by atomic mass is 10.1. The summed E-state index contributed by atoms with van der Waals surface area (Å²) in [6, 6.07) is 11.7. The Morgan fingerprint density at radius 2 is 2.10 bits per heavy atom. The molecule has 0 atom stereocenters. The second-order valence-electron chi connectivity index (χ2n) is 4.74. The third-order valence-corrected chi connectivity index (χ3v) is 4.24. The summed E-state index contributed by atoms with van der Waals surface area (Å²) in [5.41, 5.74) is 1.61. The van der Waals surface area contributed by atoms with E-state index < -0.39 is 5.97 Å². The summed E-state index contributed by atoms with van der Waals surface area (Å²) in [7, 11) is 0. The molecule has 0 unspecified atom stereocenters. The van der Waals surface area contributed by atoms with Gasteiger partial charge in [0.2, 0.25) is 0 Å². The number of hydrogen-bond acceptors (Lipinski definition) is 4. The third kappa shape index (κ3) is 2.73. The van der Waals surface area contributed by atoms with Crippen LogP contribution in [0, 0.1) is 6.92 Å². The Kier molecular flexibility index (Phi) is 3.58. The Hall–Kier alpha value is -2.40. The van der Waals surface area contributed by atoms with E-state index in [1.807, 2.05) is 24.3 Å². The van der Waals surface area contributed by atoms with E-state index in [9.17, 15) is 9.90 Å². The zero-order valence-corrected chi connectivity index (χ0v) is 12.3. The minimum atomic E-state index is -0.974. The first-order valence-electron chi connectivity index (χ1n) is 6.55. The highest BCUT2D eigenvalue weighted by molar-refractivity contribution is 7.11. The largest absolute Gasteiger partial charge is 0.478 e. The third-order valence-electron chi connectivity index (χ3n) is 3.24. The van der Waals surface area contributed by atoms with Gasteiger partial charge in [-0.15, -0.1) is 11.3 Å². The number of nitrogens with one attached hydrogen (secondary N) is 1. The van der Waals surface area contributed by atoms with Crippen LogP contribution in [0.2, 0.25) is 0 Å². The molecule has 0 amide bonds. The number of carboxylic acid groups (broad SMARTS) is 1. The molecule has 106 valence electrons. The fourth-order valence-corrected chi connectivity index (χ4v) is 3.08. The number of para-hydroxylation sites is 1. The molecule has 0 spiro atoms. The zero-order valence-electron chi connectivity index (χ0n) is 11.5. The van der Waals surface area contributed by atoms with Crippen LogP contribution in [0.4, 0.5) is 5.69 Å². The van der Waals surface area contributed by atoms with E-state index in [1.54, 1.807) is 11.3 Å². The minimum Gasteiger partial charge on any atom is -0.478 e. The maximum Gasteiger partial charge on any atom is 0.339 e. The Balaban J connectivity index is 2.01. The molecule has 4 nitrogen and oxygen atoms in total. The lowest BCUT2D eigenvalue weighted by Crippen LogP contribution is -2.07. The Morgan fingerprint density at radius 1 is 1.29 bits per heavy atom. The van der Waals surface area contributed by atoms with Gasteiger partial charge in [-0.3, -0.25) is 4.98 Å². The molecule has 0 radical (unpaired) electrons. The second kappa shape index (κ2) is 5.54. The zero-order chi connectivity index (χ0) is 14.8. The van der Waals surface area contributed by atoms with Crippen LogP contribution < -0.4 is 5.32 Å². The van der Waals surface area contributed by atoms with Crippen LogP contribution in [0.1, 0.15) is 20.1 Å². The number of hydrogen-bond donors (Lipinski definition) is 2. The van der Waals surface area contributed by atoms with Crippen LogP contribution in [0.25, 0.3) is 10.9 Å². The Morgan fingerprint density at radius 3 is 2.81 bits per heavy atom. The molecule has 0 fully saturated rings. The van der Waals surface area contributed by atoms with Crippen molar-refractivity contribution in [1.82, 2.24) is 4.98 Å². The Labute approximate surface area is 126 Å². The van der Waals surface area contributed by atoms with Crippen molar-refractivity contribution in [2.24, 2.45) is 0 Å². The van der Waals surface area contributed by atoms with Crippen molar-refractivity contribution in [3.05, 3.63) is 57.9 Å². The maximum atomic E-state index is 11.4. The van der Waals surface area contributed by atoms with Crippen molar-refractivity contribution < 1.29 is 9.90 Å². The molecule has 2 N–H and O–H groups in total. The first-order chi connectivity index (χ1) is 10.1. The van der Waals surface area contributed by atoms with Gasteiger partial charge in [0.25, 0.3) is 0 Å². The average Bonchev–Trinajstić information content (AvgIpc) is 2.90. The highest BCUT2D eigenvalue weighted by atomic mass is 32.1. The van der Waals surface area contributed by atoms with E-state index in [1.165, 1.54) is 16.0 Å². The lowest BCUT2D eigenvalue weighted by molar-refractivity contribution is 0.0697. The van der Waals surface area contributed by atoms with Gasteiger partial charge in [-0.05, 0) is 25.1 Å². The SMILES string of the molecule is Cc1ccc(CNc2c(C(=O)O)cnc3ccccc23)s1. The maximum absolute atomic E-state index is 11.4. The van der Waals surface area contributed by atoms with Crippen molar-refractivity contribution in [1.29, 1.82) is 0 Å². The molecular formula is C16H14N2O2S. The molecule has 2 aromatic heterocycles. The number of fused-ring (bicyclic) bond motifs is 1. The second-order valence-corrected chi connectivity index (χ2v) is 6.11. The smallest absolute Gasteiger partial charge is 0.339 e. The number of aryl methyl sites for hydroxylation is 1. The number of carbonyl (C=O) groups is 1. The number of nitrogens with zero attached hydrogens (tertiary/aromatic N) is 1. The van der Waals surface area contributed by atoms with Gasteiger partial charge in [-0.1, -0.05) is 18.2 Å². The van der Waals surface area contributed by atoms with Gasteiger partial charge in [0.1, 0.15) is 5.56 Å². The fourth-order valence-electron chi connectivity index (χ4n) is 2.25. The van der Waals surface area contributed by atoms with Crippen molar-refractivity contribution in [2.45, 2.75) is 13.5 Å². The van der Waals surface area contributed by atoms with E-state index >= 15 is 0 Å². The molecular weight excluding hydrogens is 284 g/mol. The molecule has 5 heteroatoms. The van der Waals surface area contributed by atoms with Crippen molar-refractivity contribution in [2.75, 3.05) is 5.32 Å². The lowest BCUT2D eigenvalue weighted by Gasteiger charge is -2.11. The summed E-state index contributed by atoms with van der Waals surface area (Å²) in [5, 5.41) is 13.4. The number of aromatic nitrogens is 1. The average molecular weight is 298 g/mol. The summed E-state index contributed by atoms with van der Waals surface area (Å²) in [6.45, 7) is 2.66. The number of benzene rings is 1. The van der Waals surface area contributed by atoms with Crippen LogP contribution in [0.3, 0.4) is 0 Å². The molecule has 0 bridgehead atoms.